The molecule has 8 heteroatoms. The van der Waals surface area contributed by atoms with Crippen molar-refractivity contribution in [3.8, 4) is 0 Å². The molecular weight excluding hydrogens is 473 g/mol. The maximum absolute atomic E-state index is 12.1. The van der Waals surface area contributed by atoms with Crippen LogP contribution in [0.3, 0.4) is 0 Å². The van der Waals surface area contributed by atoms with Crippen molar-refractivity contribution >= 4 is 47.2 Å². The molecular formula is C19H34IN5OS. The number of hydrogen-bond acceptors (Lipinski definition) is 4. The predicted molar refractivity (Wildman–Crippen MR) is 124 cm³/mol. The van der Waals surface area contributed by atoms with Gasteiger partial charge in [-0.25, -0.2) is 4.98 Å². The topological polar surface area (TPSA) is 69.6 Å². The van der Waals surface area contributed by atoms with Crippen molar-refractivity contribution in [2.75, 3.05) is 20.1 Å². The summed E-state index contributed by atoms with van der Waals surface area (Å²) in [6.07, 6.45) is 1.90. The summed E-state index contributed by atoms with van der Waals surface area (Å²) >= 11 is 1.68. The quantitative estimate of drug-likeness (QED) is 0.373. The summed E-state index contributed by atoms with van der Waals surface area (Å²) in [7, 11) is 1.79. The Kier molecular flexibility index (Phi) is 9.47. The Hall–Kier alpha value is -0.900. The standard InChI is InChI=1S/C19H33N5OS.HI/c1-13(2)17(25)24-9-7-14(8-10-24)22-18(20-6)21-11-16-23-15(12-26-16)19(3,4)5;/h12-14H,7-11H2,1-6H3,(H2,20,21,22);1H. The molecule has 1 aromatic heterocycles. The minimum Gasteiger partial charge on any atom is -0.354 e. The van der Waals surface area contributed by atoms with Gasteiger partial charge in [-0.2, -0.15) is 0 Å². The Bertz CT molecular complexity index is 630. The van der Waals surface area contributed by atoms with Crippen molar-refractivity contribution in [2.45, 2.75) is 65.5 Å². The van der Waals surface area contributed by atoms with Crippen LogP contribution in [0.2, 0.25) is 0 Å². The van der Waals surface area contributed by atoms with Crippen LogP contribution in [0.1, 0.15) is 58.2 Å². The molecule has 0 spiro atoms. The zero-order valence-electron chi connectivity index (χ0n) is 17.3. The van der Waals surface area contributed by atoms with E-state index >= 15 is 0 Å². The van der Waals surface area contributed by atoms with Gasteiger partial charge >= 0.3 is 0 Å². The van der Waals surface area contributed by atoms with Crippen LogP contribution in [-0.2, 0) is 16.8 Å². The molecule has 0 radical (unpaired) electrons. The molecule has 1 fully saturated rings. The lowest BCUT2D eigenvalue weighted by atomic mass is 9.93. The molecule has 0 aromatic carbocycles. The molecule has 0 bridgehead atoms. The van der Waals surface area contributed by atoms with Crippen LogP contribution < -0.4 is 10.6 Å². The van der Waals surface area contributed by atoms with E-state index in [0.29, 0.717) is 12.6 Å². The highest BCUT2D eigenvalue weighted by molar-refractivity contribution is 14.0. The molecule has 1 amide bonds. The lowest BCUT2D eigenvalue weighted by Gasteiger charge is -2.34. The minimum atomic E-state index is 0. The lowest BCUT2D eigenvalue weighted by molar-refractivity contribution is -0.135. The largest absolute Gasteiger partial charge is 0.354 e. The molecule has 0 atom stereocenters. The second-order valence-electron chi connectivity index (χ2n) is 8.20. The average molecular weight is 507 g/mol. The fraction of sp³-hybridized carbons (Fsp3) is 0.737. The summed E-state index contributed by atoms with van der Waals surface area (Å²) in [6.45, 7) is 12.7. The lowest BCUT2D eigenvalue weighted by Crippen LogP contribution is -2.50. The number of nitrogens with zero attached hydrogens (tertiary/aromatic N) is 3. The van der Waals surface area contributed by atoms with Gasteiger partial charge in [-0.1, -0.05) is 34.6 Å². The Morgan fingerprint density at radius 3 is 2.48 bits per heavy atom. The highest BCUT2D eigenvalue weighted by atomic mass is 127. The zero-order chi connectivity index (χ0) is 19.3. The number of likely N-dealkylation sites (tertiary alicyclic amines) is 1. The first-order chi connectivity index (χ1) is 12.2. The summed E-state index contributed by atoms with van der Waals surface area (Å²) in [5.74, 6) is 1.13. The van der Waals surface area contributed by atoms with Gasteiger partial charge in [0.15, 0.2) is 5.96 Å². The number of thiazole rings is 1. The van der Waals surface area contributed by atoms with E-state index in [2.05, 4.69) is 41.8 Å². The number of carbonyl (C=O) groups excluding carboxylic acids is 1. The first-order valence-electron chi connectivity index (χ1n) is 9.41. The molecule has 2 heterocycles. The van der Waals surface area contributed by atoms with Crippen molar-refractivity contribution in [1.82, 2.24) is 20.5 Å². The molecule has 2 rings (SSSR count). The molecule has 1 aromatic rings. The number of nitrogens with one attached hydrogen (secondary N) is 2. The average Bonchev–Trinajstić information content (AvgIpc) is 3.07. The molecule has 27 heavy (non-hydrogen) atoms. The Balaban J connectivity index is 0.00000364. The molecule has 1 saturated heterocycles. The van der Waals surface area contributed by atoms with E-state index < -0.39 is 0 Å². The summed E-state index contributed by atoms with van der Waals surface area (Å²) < 4.78 is 0. The number of guanidine groups is 1. The summed E-state index contributed by atoms with van der Waals surface area (Å²) in [5.41, 5.74) is 1.21. The summed E-state index contributed by atoms with van der Waals surface area (Å²) in [5, 5.41) is 10.0. The minimum absolute atomic E-state index is 0. The van der Waals surface area contributed by atoms with Crippen molar-refractivity contribution in [1.29, 1.82) is 0 Å². The molecule has 0 aliphatic carbocycles. The second-order valence-corrected chi connectivity index (χ2v) is 9.14. The van der Waals surface area contributed by atoms with E-state index in [1.807, 2.05) is 18.7 Å². The van der Waals surface area contributed by atoms with Crippen LogP contribution in [0.25, 0.3) is 0 Å². The van der Waals surface area contributed by atoms with Crippen LogP contribution in [0.4, 0.5) is 0 Å². The van der Waals surface area contributed by atoms with Gasteiger partial charge < -0.3 is 15.5 Å². The van der Waals surface area contributed by atoms with Gasteiger partial charge in [0.25, 0.3) is 0 Å². The van der Waals surface area contributed by atoms with Crippen LogP contribution >= 0.6 is 35.3 Å². The highest BCUT2D eigenvalue weighted by Crippen LogP contribution is 2.23. The number of hydrogen-bond donors (Lipinski definition) is 2. The van der Waals surface area contributed by atoms with Crippen molar-refractivity contribution in [3.63, 3.8) is 0 Å². The Morgan fingerprint density at radius 2 is 2.00 bits per heavy atom. The van der Waals surface area contributed by atoms with E-state index in [1.165, 1.54) is 0 Å². The maximum Gasteiger partial charge on any atom is 0.225 e. The first kappa shape index (κ1) is 24.1. The van der Waals surface area contributed by atoms with Gasteiger partial charge in [-0.15, -0.1) is 35.3 Å². The predicted octanol–water partition coefficient (Wildman–Crippen LogP) is 3.37. The zero-order valence-corrected chi connectivity index (χ0v) is 20.5. The first-order valence-corrected chi connectivity index (χ1v) is 10.3. The van der Waals surface area contributed by atoms with Gasteiger partial charge in [-0.3, -0.25) is 9.79 Å². The van der Waals surface area contributed by atoms with Gasteiger partial charge in [0.05, 0.1) is 12.2 Å². The van der Waals surface area contributed by atoms with E-state index in [1.54, 1.807) is 18.4 Å². The Morgan fingerprint density at radius 1 is 1.37 bits per heavy atom. The molecule has 0 saturated carbocycles. The number of carbonyl (C=O) groups is 1. The monoisotopic (exact) mass is 507 g/mol. The molecule has 2 N–H and O–H groups in total. The number of amides is 1. The van der Waals surface area contributed by atoms with E-state index in [0.717, 1.165) is 42.6 Å². The summed E-state index contributed by atoms with van der Waals surface area (Å²) in [6, 6.07) is 0.346. The van der Waals surface area contributed by atoms with Crippen molar-refractivity contribution in [2.24, 2.45) is 10.9 Å². The van der Waals surface area contributed by atoms with E-state index in [-0.39, 0.29) is 41.2 Å². The van der Waals surface area contributed by atoms with Gasteiger partial charge in [0.1, 0.15) is 5.01 Å². The maximum atomic E-state index is 12.1. The van der Waals surface area contributed by atoms with Crippen LogP contribution in [0.15, 0.2) is 10.4 Å². The fourth-order valence-electron chi connectivity index (χ4n) is 2.89. The van der Waals surface area contributed by atoms with Gasteiger partial charge in [0.2, 0.25) is 5.91 Å². The number of rotatable bonds is 4. The van der Waals surface area contributed by atoms with Crippen LogP contribution in [0, 0.1) is 5.92 Å². The van der Waals surface area contributed by atoms with Gasteiger partial charge in [0, 0.05) is 42.9 Å². The SMILES string of the molecule is CN=C(NCc1nc(C(C)(C)C)cs1)NC1CCN(C(=O)C(C)C)CC1.I. The van der Waals surface area contributed by atoms with Crippen LogP contribution in [-0.4, -0.2) is 47.9 Å². The molecule has 154 valence electrons. The molecule has 1 aliphatic heterocycles. The second kappa shape index (κ2) is 10.6. The van der Waals surface area contributed by atoms with Crippen molar-refractivity contribution < 1.29 is 4.79 Å². The Labute approximate surface area is 184 Å². The number of piperidine rings is 1. The van der Waals surface area contributed by atoms with E-state index in [9.17, 15) is 4.79 Å². The number of aliphatic imine (C=N–C) groups is 1. The van der Waals surface area contributed by atoms with Gasteiger partial charge in [-0.05, 0) is 12.8 Å². The third-order valence-electron chi connectivity index (χ3n) is 4.59. The van der Waals surface area contributed by atoms with E-state index in [4.69, 9.17) is 4.98 Å². The van der Waals surface area contributed by atoms with Crippen LogP contribution in [0.5, 0.6) is 0 Å². The summed E-state index contributed by atoms with van der Waals surface area (Å²) in [4.78, 5) is 23.1. The molecule has 1 aliphatic rings. The fourth-order valence-corrected chi connectivity index (χ4v) is 3.85. The molecule has 6 nitrogen and oxygen atoms in total. The normalized spacial score (nSPS) is 16.3. The number of aromatic nitrogens is 1. The third-order valence-corrected chi connectivity index (χ3v) is 5.44. The highest BCUT2D eigenvalue weighted by Gasteiger charge is 2.24. The molecule has 0 unspecified atom stereocenters. The third kappa shape index (κ3) is 7.21. The number of halogens is 1. The smallest absolute Gasteiger partial charge is 0.225 e. The van der Waals surface area contributed by atoms with Crippen molar-refractivity contribution in [3.05, 3.63) is 16.1 Å².